The number of nitrogens with zero attached hydrogens (tertiary/aromatic N) is 1. The molecule has 1 unspecified atom stereocenters. The van der Waals surface area contributed by atoms with E-state index in [1.54, 1.807) is 29.7 Å². The van der Waals surface area contributed by atoms with Gasteiger partial charge < -0.3 is 15.0 Å². The van der Waals surface area contributed by atoms with Crippen molar-refractivity contribution >= 4 is 17.5 Å². The quantitative estimate of drug-likeness (QED) is 0.482. The van der Waals surface area contributed by atoms with Gasteiger partial charge in [-0.25, -0.2) is 5.48 Å². The molecule has 7 heteroatoms. The number of carbonyl (C=O) groups is 2. The van der Waals surface area contributed by atoms with Crippen LogP contribution in [-0.4, -0.2) is 41.6 Å². The second-order valence-electron chi connectivity index (χ2n) is 9.20. The van der Waals surface area contributed by atoms with Crippen LogP contribution in [0.15, 0.2) is 54.6 Å². The van der Waals surface area contributed by atoms with Gasteiger partial charge in [0.15, 0.2) is 0 Å². The number of hydroxylamine groups is 1. The Labute approximate surface area is 183 Å². The lowest BCUT2D eigenvalue weighted by Crippen LogP contribution is -2.51. The number of hydrogen-bond acceptors (Lipinski definition) is 5. The molecule has 0 aliphatic carbocycles. The van der Waals surface area contributed by atoms with Crippen LogP contribution in [0.5, 0.6) is 11.5 Å². The number of likely N-dealkylation sites (tertiary alicyclic amines) is 1. The molecule has 0 spiro atoms. The number of anilines is 1. The zero-order valence-electron chi connectivity index (χ0n) is 18.3. The highest BCUT2D eigenvalue weighted by atomic mass is 16.5. The van der Waals surface area contributed by atoms with Gasteiger partial charge in [0, 0.05) is 18.8 Å². The summed E-state index contributed by atoms with van der Waals surface area (Å²) in [4.78, 5) is 27.4. The fourth-order valence-corrected chi connectivity index (χ4v) is 3.96. The van der Waals surface area contributed by atoms with Gasteiger partial charge in [-0.05, 0) is 54.8 Å². The number of nitrogens with one attached hydrogen (secondary N) is 2. The van der Waals surface area contributed by atoms with Crippen molar-refractivity contribution in [1.29, 1.82) is 0 Å². The maximum Gasteiger partial charge on any atom is 0.248 e. The number of carbonyl (C=O) groups excluding carboxylic acids is 2. The monoisotopic (exact) mass is 425 g/mol. The van der Waals surface area contributed by atoms with Gasteiger partial charge in [-0.3, -0.25) is 14.8 Å². The number of hydrogen-bond donors (Lipinski definition) is 3. The Morgan fingerprint density at radius 2 is 1.65 bits per heavy atom. The van der Waals surface area contributed by atoms with E-state index in [1.807, 2.05) is 30.3 Å². The predicted octanol–water partition coefficient (Wildman–Crippen LogP) is 3.91. The van der Waals surface area contributed by atoms with E-state index in [-0.39, 0.29) is 11.3 Å². The molecule has 31 heavy (non-hydrogen) atoms. The summed E-state index contributed by atoms with van der Waals surface area (Å²) in [5.41, 5.74) is 2.45. The normalized spacial score (nSPS) is 19.5. The first-order valence-corrected chi connectivity index (χ1v) is 10.6. The van der Waals surface area contributed by atoms with Crippen molar-refractivity contribution in [3.05, 3.63) is 54.6 Å². The highest BCUT2D eigenvalue weighted by molar-refractivity contribution is 5.96. The van der Waals surface area contributed by atoms with Crippen molar-refractivity contribution in [2.75, 3.05) is 25.0 Å². The van der Waals surface area contributed by atoms with Crippen LogP contribution in [-0.2, 0) is 9.59 Å². The van der Waals surface area contributed by atoms with E-state index in [4.69, 9.17) is 4.74 Å². The van der Waals surface area contributed by atoms with E-state index in [2.05, 4.69) is 31.0 Å². The van der Waals surface area contributed by atoms with Gasteiger partial charge in [-0.2, -0.15) is 0 Å². The molecule has 3 rings (SSSR count). The molecule has 166 valence electrons. The van der Waals surface area contributed by atoms with Crippen molar-refractivity contribution < 1.29 is 19.5 Å². The summed E-state index contributed by atoms with van der Waals surface area (Å²) in [7, 11) is 0. The lowest BCUT2D eigenvalue weighted by molar-refractivity contribution is -0.142. The summed E-state index contributed by atoms with van der Waals surface area (Å²) >= 11 is 0. The van der Waals surface area contributed by atoms with Gasteiger partial charge in [0.2, 0.25) is 11.8 Å². The van der Waals surface area contributed by atoms with Crippen LogP contribution in [0.1, 0.15) is 27.2 Å². The molecule has 1 fully saturated rings. The van der Waals surface area contributed by atoms with Gasteiger partial charge in [-0.15, -0.1) is 0 Å². The van der Waals surface area contributed by atoms with E-state index in [9.17, 15) is 14.8 Å². The summed E-state index contributed by atoms with van der Waals surface area (Å²) in [6.07, 6.45) is 0.551. The highest BCUT2D eigenvalue weighted by Crippen LogP contribution is 2.29. The molecule has 1 aliphatic heterocycles. The number of ether oxygens (including phenoxy) is 1. The van der Waals surface area contributed by atoms with Crippen LogP contribution in [0.25, 0.3) is 0 Å². The second kappa shape index (κ2) is 9.94. The maximum absolute atomic E-state index is 12.9. The lowest BCUT2D eigenvalue weighted by Gasteiger charge is -2.39. The van der Waals surface area contributed by atoms with E-state index in [1.165, 1.54) is 0 Å². The molecule has 3 N–H and O–H groups in total. The van der Waals surface area contributed by atoms with E-state index < -0.39 is 17.7 Å². The third kappa shape index (κ3) is 6.54. The predicted molar refractivity (Wildman–Crippen MR) is 119 cm³/mol. The summed E-state index contributed by atoms with van der Waals surface area (Å²) < 4.78 is 5.77. The van der Waals surface area contributed by atoms with Gasteiger partial charge in [0.05, 0.1) is 11.8 Å². The van der Waals surface area contributed by atoms with Crippen LogP contribution in [0.3, 0.4) is 0 Å². The second-order valence-corrected chi connectivity index (χ2v) is 9.20. The molecular formula is C24H31N3O4. The molecule has 2 aromatic carbocycles. The molecule has 7 nitrogen and oxygen atoms in total. The van der Waals surface area contributed by atoms with Crippen LogP contribution >= 0.6 is 0 Å². The van der Waals surface area contributed by atoms with Crippen molar-refractivity contribution in [3.63, 3.8) is 0 Å². The number of benzene rings is 2. The Hall–Kier alpha value is -2.90. The average Bonchev–Trinajstić information content (AvgIpc) is 2.74. The average molecular weight is 426 g/mol. The standard InChI is InChI=1S/C24H31N3O4/c1-24(2,3)16-27-14-13-20(21(15-27)23(29)26-30)22(28)25-17-9-11-19(12-10-17)31-18-7-5-4-6-8-18/h4-12,20-21,30H,13-16H2,1-3H3,(H,25,28)(H,26,29)/t20?,21-/m0/s1. The zero-order chi connectivity index (χ0) is 22.4. The first kappa shape index (κ1) is 22.8. The molecule has 1 saturated heterocycles. The Balaban J connectivity index is 1.63. The maximum atomic E-state index is 12.9. The SMILES string of the molecule is CC(C)(C)CN1CCC(C(=O)Nc2ccc(Oc3ccccc3)cc2)[C@@H](C(=O)NO)C1. The summed E-state index contributed by atoms with van der Waals surface area (Å²) in [5, 5.41) is 12.1. The largest absolute Gasteiger partial charge is 0.457 e. The molecule has 1 aliphatic rings. The Morgan fingerprint density at radius 3 is 2.26 bits per heavy atom. The number of piperidine rings is 1. The molecule has 2 amide bonds. The molecule has 2 aromatic rings. The van der Waals surface area contributed by atoms with E-state index >= 15 is 0 Å². The first-order chi connectivity index (χ1) is 14.7. The van der Waals surface area contributed by atoms with Gasteiger partial charge in [0.25, 0.3) is 0 Å². The number of amides is 2. The van der Waals surface area contributed by atoms with Crippen molar-refractivity contribution in [2.24, 2.45) is 17.3 Å². The Kier molecular flexibility index (Phi) is 7.30. The molecule has 0 aromatic heterocycles. The molecule has 2 atom stereocenters. The van der Waals surface area contributed by atoms with Crippen LogP contribution < -0.4 is 15.5 Å². The summed E-state index contributed by atoms with van der Waals surface area (Å²) in [5.74, 6) is -0.465. The molecular weight excluding hydrogens is 394 g/mol. The minimum atomic E-state index is -0.609. The first-order valence-electron chi connectivity index (χ1n) is 10.6. The van der Waals surface area contributed by atoms with E-state index in [0.29, 0.717) is 24.4 Å². The van der Waals surface area contributed by atoms with Crippen LogP contribution in [0.4, 0.5) is 5.69 Å². The third-order valence-corrected chi connectivity index (χ3v) is 5.28. The minimum absolute atomic E-state index is 0.0822. The van der Waals surface area contributed by atoms with Crippen LogP contribution in [0, 0.1) is 17.3 Å². The topological polar surface area (TPSA) is 90.9 Å². The third-order valence-electron chi connectivity index (χ3n) is 5.28. The molecule has 0 bridgehead atoms. The molecule has 0 saturated carbocycles. The highest BCUT2D eigenvalue weighted by Gasteiger charge is 2.39. The minimum Gasteiger partial charge on any atom is -0.457 e. The lowest BCUT2D eigenvalue weighted by atomic mass is 9.83. The fraction of sp³-hybridized carbons (Fsp3) is 0.417. The van der Waals surface area contributed by atoms with Gasteiger partial charge >= 0.3 is 0 Å². The van der Waals surface area contributed by atoms with Crippen LogP contribution in [0.2, 0.25) is 0 Å². The fourth-order valence-electron chi connectivity index (χ4n) is 3.96. The van der Waals surface area contributed by atoms with Crippen molar-refractivity contribution in [3.8, 4) is 11.5 Å². The number of rotatable bonds is 6. The molecule has 1 heterocycles. The number of para-hydroxylation sites is 1. The van der Waals surface area contributed by atoms with Gasteiger partial charge in [-0.1, -0.05) is 39.0 Å². The zero-order valence-corrected chi connectivity index (χ0v) is 18.3. The van der Waals surface area contributed by atoms with Crippen molar-refractivity contribution in [1.82, 2.24) is 10.4 Å². The smallest absolute Gasteiger partial charge is 0.248 e. The van der Waals surface area contributed by atoms with Gasteiger partial charge in [0.1, 0.15) is 11.5 Å². The molecule has 0 radical (unpaired) electrons. The Bertz CT molecular complexity index is 878. The Morgan fingerprint density at radius 1 is 1.00 bits per heavy atom. The van der Waals surface area contributed by atoms with Crippen molar-refractivity contribution in [2.45, 2.75) is 27.2 Å². The summed E-state index contributed by atoms with van der Waals surface area (Å²) in [6, 6.07) is 16.6. The summed E-state index contributed by atoms with van der Waals surface area (Å²) in [6.45, 7) is 8.40. The van der Waals surface area contributed by atoms with E-state index in [0.717, 1.165) is 18.8 Å².